The summed E-state index contributed by atoms with van der Waals surface area (Å²) >= 11 is 0. The van der Waals surface area contributed by atoms with E-state index in [0.29, 0.717) is 5.56 Å². The first-order chi connectivity index (χ1) is 9.63. The van der Waals surface area contributed by atoms with Crippen molar-refractivity contribution in [2.75, 3.05) is 26.2 Å². The van der Waals surface area contributed by atoms with Gasteiger partial charge in [0.15, 0.2) is 0 Å². The Bertz CT molecular complexity index is 475. The summed E-state index contributed by atoms with van der Waals surface area (Å²) < 4.78 is 13.3. The molecular weight excluding hydrogens is 261 g/mol. The highest BCUT2D eigenvalue weighted by molar-refractivity contribution is 5.42. The van der Waals surface area contributed by atoms with Gasteiger partial charge in [0.1, 0.15) is 5.82 Å². The fourth-order valence-electron chi connectivity index (χ4n) is 2.76. The van der Waals surface area contributed by atoms with Crippen LogP contribution in [-0.4, -0.2) is 36.0 Å². The molecule has 20 heavy (non-hydrogen) atoms. The molecule has 2 rings (SSSR count). The highest BCUT2D eigenvalue weighted by Crippen LogP contribution is 2.33. The Morgan fingerprint density at radius 2 is 2.15 bits per heavy atom. The number of hydrogen-bond donors (Lipinski definition) is 1. The monoisotopic (exact) mass is 281 g/mol. The molecule has 0 spiro atoms. The number of nitrogens with one attached hydrogen (secondary N) is 1. The summed E-state index contributed by atoms with van der Waals surface area (Å²) in [6.07, 6.45) is 1.77. The molecule has 0 bridgehead atoms. The molecule has 0 aliphatic carbocycles. The summed E-state index contributed by atoms with van der Waals surface area (Å²) in [5.41, 5.74) is 0.516. The van der Waals surface area contributed by atoms with Gasteiger partial charge in [0.05, 0.1) is 11.0 Å². The molecule has 110 valence electrons. The lowest BCUT2D eigenvalue weighted by molar-refractivity contribution is -0.386. The molecule has 1 atom stereocenters. The molecule has 6 heteroatoms. The predicted octanol–water partition coefficient (Wildman–Crippen LogP) is 2.48. The van der Waals surface area contributed by atoms with Crippen LogP contribution in [0.4, 0.5) is 10.1 Å². The lowest BCUT2D eigenvalue weighted by Crippen LogP contribution is -2.45. The second kappa shape index (κ2) is 6.76. The van der Waals surface area contributed by atoms with Crippen LogP contribution in [0.3, 0.4) is 0 Å². The van der Waals surface area contributed by atoms with Crippen LogP contribution < -0.4 is 5.32 Å². The number of nitro benzene ring substituents is 1. The quantitative estimate of drug-likeness (QED) is 0.665. The molecule has 0 aromatic heterocycles. The molecule has 0 unspecified atom stereocenters. The second-order valence-electron chi connectivity index (χ2n) is 5.05. The molecule has 0 amide bonds. The Kier molecular flexibility index (Phi) is 5.03. The third-order valence-electron chi connectivity index (χ3n) is 3.70. The van der Waals surface area contributed by atoms with Crippen molar-refractivity contribution in [2.45, 2.75) is 25.8 Å². The maximum Gasteiger partial charge on any atom is 0.277 e. The highest BCUT2D eigenvalue weighted by Gasteiger charge is 2.27. The number of nitro groups is 1. The summed E-state index contributed by atoms with van der Waals surface area (Å²) in [5, 5.41) is 14.4. The van der Waals surface area contributed by atoms with Gasteiger partial charge in [-0.1, -0.05) is 13.3 Å². The number of rotatable bonds is 5. The van der Waals surface area contributed by atoms with Crippen LogP contribution in [0.2, 0.25) is 0 Å². The van der Waals surface area contributed by atoms with E-state index in [-0.39, 0.29) is 11.7 Å². The Morgan fingerprint density at radius 3 is 2.75 bits per heavy atom. The van der Waals surface area contributed by atoms with E-state index in [1.54, 1.807) is 6.07 Å². The van der Waals surface area contributed by atoms with Crippen molar-refractivity contribution >= 4 is 5.69 Å². The number of nitrogens with zero attached hydrogens (tertiary/aromatic N) is 2. The second-order valence-corrected chi connectivity index (χ2v) is 5.05. The van der Waals surface area contributed by atoms with Crippen LogP contribution in [0.5, 0.6) is 0 Å². The van der Waals surface area contributed by atoms with Gasteiger partial charge < -0.3 is 5.32 Å². The van der Waals surface area contributed by atoms with Crippen molar-refractivity contribution < 1.29 is 9.31 Å². The van der Waals surface area contributed by atoms with E-state index in [1.165, 1.54) is 6.07 Å². The van der Waals surface area contributed by atoms with Crippen molar-refractivity contribution in [3.05, 3.63) is 39.7 Å². The van der Waals surface area contributed by atoms with Gasteiger partial charge in [0.2, 0.25) is 0 Å². The lowest BCUT2D eigenvalue weighted by atomic mass is 9.98. The normalized spacial score (nSPS) is 17.9. The van der Waals surface area contributed by atoms with Gasteiger partial charge >= 0.3 is 0 Å². The summed E-state index contributed by atoms with van der Waals surface area (Å²) in [6.45, 7) is 5.55. The maximum atomic E-state index is 13.3. The van der Waals surface area contributed by atoms with Crippen molar-refractivity contribution in [1.82, 2.24) is 10.2 Å². The average molecular weight is 281 g/mol. The van der Waals surface area contributed by atoms with Gasteiger partial charge in [0.25, 0.3) is 5.69 Å². The Hall–Kier alpha value is -1.53. The first-order valence-corrected chi connectivity index (χ1v) is 7.02. The maximum absolute atomic E-state index is 13.3. The van der Waals surface area contributed by atoms with Gasteiger partial charge in [-0.25, -0.2) is 4.39 Å². The number of piperazine rings is 1. The number of halogens is 1. The zero-order valence-electron chi connectivity index (χ0n) is 11.6. The smallest absolute Gasteiger partial charge is 0.277 e. The fourth-order valence-corrected chi connectivity index (χ4v) is 2.76. The third kappa shape index (κ3) is 3.32. The van der Waals surface area contributed by atoms with Crippen LogP contribution in [0.25, 0.3) is 0 Å². The summed E-state index contributed by atoms with van der Waals surface area (Å²) in [7, 11) is 0. The predicted molar refractivity (Wildman–Crippen MR) is 75.1 cm³/mol. The van der Waals surface area contributed by atoms with Crippen LogP contribution in [0.15, 0.2) is 18.2 Å². The zero-order chi connectivity index (χ0) is 14.5. The molecule has 1 N–H and O–H groups in total. The van der Waals surface area contributed by atoms with Gasteiger partial charge in [-0.3, -0.25) is 15.0 Å². The summed E-state index contributed by atoms with van der Waals surface area (Å²) in [5.74, 6) is -0.559. The molecule has 1 aliphatic rings. The first kappa shape index (κ1) is 14.9. The first-order valence-electron chi connectivity index (χ1n) is 7.02. The van der Waals surface area contributed by atoms with Crippen molar-refractivity contribution in [3.63, 3.8) is 0 Å². The van der Waals surface area contributed by atoms with Crippen molar-refractivity contribution in [1.29, 1.82) is 0 Å². The van der Waals surface area contributed by atoms with Crippen LogP contribution in [0, 0.1) is 15.9 Å². The average Bonchev–Trinajstić information content (AvgIpc) is 2.46. The van der Waals surface area contributed by atoms with E-state index < -0.39 is 10.7 Å². The fraction of sp³-hybridized carbons (Fsp3) is 0.571. The van der Waals surface area contributed by atoms with Crippen LogP contribution in [-0.2, 0) is 0 Å². The highest BCUT2D eigenvalue weighted by atomic mass is 19.1. The minimum absolute atomic E-state index is 0.0110. The molecule has 1 aromatic carbocycles. The van der Waals surface area contributed by atoms with Gasteiger partial charge in [0, 0.05) is 37.8 Å². The van der Waals surface area contributed by atoms with Crippen molar-refractivity contribution in [3.8, 4) is 0 Å². The molecule has 1 aromatic rings. The van der Waals surface area contributed by atoms with E-state index in [9.17, 15) is 14.5 Å². The number of hydrogen-bond acceptors (Lipinski definition) is 4. The summed E-state index contributed by atoms with van der Waals surface area (Å²) in [6, 6.07) is 3.89. The van der Waals surface area contributed by atoms with Gasteiger partial charge in [-0.15, -0.1) is 0 Å². The molecule has 1 aliphatic heterocycles. The molecule has 0 saturated carbocycles. The largest absolute Gasteiger partial charge is 0.314 e. The Labute approximate surface area is 117 Å². The van der Waals surface area contributed by atoms with Gasteiger partial charge in [-0.2, -0.15) is 0 Å². The molecular formula is C14H20FN3O2. The van der Waals surface area contributed by atoms with Crippen LogP contribution in [0.1, 0.15) is 31.4 Å². The van der Waals surface area contributed by atoms with Crippen molar-refractivity contribution in [2.24, 2.45) is 0 Å². The van der Waals surface area contributed by atoms with Crippen LogP contribution >= 0.6 is 0 Å². The van der Waals surface area contributed by atoms with E-state index in [1.807, 2.05) is 0 Å². The standard InChI is InChI=1S/C14H20FN3O2/c1-2-3-13(17-8-6-16-7-9-17)12-5-4-11(15)10-14(12)18(19)20/h4-5,10,13,16H,2-3,6-9H2,1H3/t13-/m0/s1. The molecule has 1 heterocycles. The van der Waals surface area contributed by atoms with E-state index in [2.05, 4.69) is 17.1 Å². The third-order valence-corrected chi connectivity index (χ3v) is 3.70. The number of benzene rings is 1. The van der Waals surface area contributed by atoms with E-state index >= 15 is 0 Å². The lowest BCUT2D eigenvalue weighted by Gasteiger charge is -2.35. The molecule has 5 nitrogen and oxygen atoms in total. The minimum Gasteiger partial charge on any atom is -0.314 e. The summed E-state index contributed by atoms with van der Waals surface area (Å²) in [4.78, 5) is 12.9. The minimum atomic E-state index is -0.559. The zero-order valence-corrected chi connectivity index (χ0v) is 11.6. The SMILES string of the molecule is CCC[C@@H](c1ccc(F)cc1[N+](=O)[O-])N1CCNCC1. The Morgan fingerprint density at radius 1 is 1.45 bits per heavy atom. The molecule has 1 fully saturated rings. The van der Waals surface area contributed by atoms with E-state index in [4.69, 9.17) is 0 Å². The molecule has 0 radical (unpaired) electrons. The van der Waals surface area contributed by atoms with E-state index in [0.717, 1.165) is 45.1 Å². The molecule has 1 saturated heterocycles. The van der Waals surface area contributed by atoms with Gasteiger partial charge in [-0.05, 0) is 18.6 Å². The topological polar surface area (TPSA) is 58.4 Å². The Balaban J connectivity index is 2.35.